The Bertz CT molecular complexity index is 780. The summed E-state index contributed by atoms with van der Waals surface area (Å²) in [7, 11) is 0. The van der Waals surface area contributed by atoms with Gasteiger partial charge in [0.05, 0.1) is 0 Å². The highest BCUT2D eigenvalue weighted by molar-refractivity contribution is 9.10. The summed E-state index contributed by atoms with van der Waals surface area (Å²) >= 11 is 3.12. The highest BCUT2D eigenvalue weighted by Crippen LogP contribution is 2.21. The van der Waals surface area contributed by atoms with E-state index in [0.717, 1.165) is 11.1 Å². The van der Waals surface area contributed by atoms with Gasteiger partial charge >= 0.3 is 6.03 Å². The van der Waals surface area contributed by atoms with Crippen molar-refractivity contribution in [2.75, 3.05) is 11.9 Å². The van der Waals surface area contributed by atoms with E-state index < -0.39 is 24.4 Å². The molecule has 0 aliphatic heterocycles. The van der Waals surface area contributed by atoms with Gasteiger partial charge in [0.1, 0.15) is 0 Å². The van der Waals surface area contributed by atoms with Crippen LogP contribution in [-0.2, 0) is 4.79 Å². The van der Waals surface area contributed by atoms with Gasteiger partial charge in [-0.2, -0.15) is 0 Å². The van der Waals surface area contributed by atoms with Gasteiger partial charge in [0.25, 0.3) is 5.91 Å². The van der Waals surface area contributed by atoms with Crippen LogP contribution in [0.25, 0.3) is 0 Å². The van der Waals surface area contributed by atoms with Crippen LogP contribution in [-0.4, -0.2) is 18.5 Å². The second kappa shape index (κ2) is 7.92. The summed E-state index contributed by atoms with van der Waals surface area (Å²) in [6.45, 7) is 3.41. The number of anilines is 1. The molecule has 0 bridgehead atoms. The largest absolute Gasteiger partial charge is 0.481 e. The first-order chi connectivity index (χ1) is 11.3. The van der Waals surface area contributed by atoms with Gasteiger partial charge in [-0.25, -0.2) is 9.18 Å². The fourth-order valence-corrected chi connectivity index (χ4v) is 2.21. The predicted molar refractivity (Wildman–Crippen MR) is 92.7 cm³/mol. The van der Waals surface area contributed by atoms with E-state index >= 15 is 0 Å². The van der Waals surface area contributed by atoms with Gasteiger partial charge in [-0.15, -0.1) is 0 Å². The first kappa shape index (κ1) is 17.9. The minimum Gasteiger partial charge on any atom is -0.481 e. The number of hydrogen-bond acceptors (Lipinski definition) is 3. The highest BCUT2D eigenvalue weighted by Gasteiger charge is 2.11. The van der Waals surface area contributed by atoms with Crippen molar-refractivity contribution in [3.8, 4) is 5.75 Å². The van der Waals surface area contributed by atoms with Gasteiger partial charge in [0, 0.05) is 10.2 Å². The van der Waals surface area contributed by atoms with Crippen LogP contribution in [0.1, 0.15) is 11.1 Å². The Hall–Kier alpha value is -2.41. The van der Waals surface area contributed by atoms with Crippen molar-refractivity contribution in [2.24, 2.45) is 0 Å². The number of nitrogens with one attached hydrogen (secondary N) is 2. The average molecular weight is 395 g/mol. The minimum atomic E-state index is -0.682. The second-order valence-electron chi connectivity index (χ2n) is 5.16. The molecule has 0 aliphatic rings. The Morgan fingerprint density at radius 1 is 1.12 bits per heavy atom. The molecule has 0 saturated carbocycles. The fraction of sp³-hybridized carbons (Fsp3) is 0.176. The van der Waals surface area contributed by atoms with Crippen LogP contribution < -0.4 is 15.4 Å². The second-order valence-corrected chi connectivity index (χ2v) is 6.08. The molecule has 0 heterocycles. The Balaban J connectivity index is 1.85. The number of halogens is 2. The number of rotatable bonds is 4. The van der Waals surface area contributed by atoms with Crippen LogP contribution in [0.2, 0.25) is 0 Å². The third-order valence-electron chi connectivity index (χ3n) is 3.27. The molecule has 2 aromatic rings. The fourth-order valence-electron chi connectivity index (χ4n) is 1.88. The van der Waals surface area contributed by atoms with E-state index in [1.54, 1.807) is 18.2 Å². The summed E-state index contributed by atoms with van der Waals surface area (Å²) in [5.41, 5.74) is 2.69. The average Bonchev–Trinajstić information content (AvgIpc) is 2.50. The summed E-state index contributed by atoms with van der Waals surface area (Å²) in [6, 6.07) is 8.92. The maximum atomic E-state index is 13.6. The molecule has 2 aromatic carbocycles. The lowest BCUT2D eigenvalue weighted by atomic mass is 10.1. The van der Waals surface area contributed by atoms with Crippen LogP contribution in [0.5, 0.6) is 5.75 Å². The van der Waals surface area contributed by atoms with Gasteiger partial charge < -0.3 is 10.1 Å². The third kappa shape index (κ3) is 5.06. The lowest BCUT2D eigenvalue weighted by Gasteiger charge is -2.10. The van der Waals surface area contributed by atoms with Crippen molar-refractivity contribution < 1.29 is 18.7 Å². The molecule has 5 nitrogen and oxygen atoms in total. The molecule has 0 aromatic heterocycles. The monoisotopic (exact) mass is 394 g/mol. The van der Waals surface area contributed by atoms with Crippen LogP contribution in [0.15, 0.2) is 40.9 Å². The lowest BCUT2D eigenvalue weighted by Crippen LogP contribution is -2.37. The van der Waals surface area contributed by atoms with Crippen LogP contribution in [0, 0.1) is 19.7 Å². The van der Waals surface area contributed by atoms with Crippen molar-refractivity contribution in [1.82, 2.24) is 5.32 Å². The number of carbonyl (C=O) groups is 2. The molecule has 0 spiro atoms. The van der Waals surface area contributed by atoms with E-state index in [2.05, 4.69) is 26.6 Å². The number of carbonyl (C=O) groups excluding carboxylic acids is 2. The van der Waals surface area contributed by atoms with E-state index in [0.29, 0.717) is 10.2 Å². The summed E-state index contributed by atoms with van der Waals surface area (Å²) in [6.07, 6.45) is 0. The van der Waals surface area contributed by atoms with Crippen molar-refractivity contribution in [3.63, 3.8) is 0 Å². The van der Waals surface area contributed by atoms with E-state index in [1.165, 1.54) is 12.1 Å². The zero-order chi connectivity index (χ0) is 17.7. The van der Waals surface area contributed by atoms with E-state index in [1.807, 2.05) is 19.9 Å². The Labute approximate surface area is 147 Å². The van der Waals surface area contributed by atoms with Crippen LogP contribution >= 0.6 is 15.9 Å². The molecule has 0 unspecified atom stereocenters. The molecule has 126 valence electrons. The third-order valence-corrected chi connectivity index (χ3v) is 3.76. The Kier molecular flexibility index (Phi) is 5.92. The molecule has 0 aliphatic carbocycles. The number of imide groups is 1. The van der Waals surface area contributed by atoms with Gasteiger partial charge in [-0.3, -0.25) is 10.1 Å². The van der Waals surface area contributed by atoms with Gasteiger partial charge in [0.2, 0.25) is 0 Å². The van der Waals surface area contributed by atoms with Crippen molar-refractivity contribution in [3.05, 3.63) is 57.8 Å². The standard InChI is InChI=1S/C17H16BrFN2O3/c1-10-3-5-13(7-11(10)2)20-17(23)21-16(22)9-24-15-6-4-12(18)8-14(15)19/h3-8H,9H2,1-2H3,(H2,20,21,22,23). The smallest absolute Gasteiger partial charge is 0.325 e. The number of hydrogen-bond donors (Lipinski definition) is 2. The van der Waals surface area contributed by atoms with Crippen molar-refractivity contribution in [2.45, 2.75) is 13.8 Å². The number of amides is 3. The maximum absolute atomic E-state index is 13.6. The number of aryl methyl sites for hydroxylation is 2. The number of benzene rings is 2. The molecule has 0 radical (unpaired) electrons. The van der Waals surface area contributed by atoms with Crippen LogP contribution in [0.3, 0.4) is 0 Å². The molecule has 2 N–H and O–H groups in total. The zero-order valence-corrected chi connectivity index (χ0v) is 14.7. The normalized spacial score (nSPS) is 10.2. The first-order valence-electron chi connectivity index (χ1n) is 7.11. The first-order valence-corrected chi connectivity index (χ1v) is 7.90. The highest BCUT2D eigenvalue weighted by atomic mass is 79.9. The predicted octanol–water partition coefficient (Wildman–Crippen LogP) is 3.93. The molecule has 0 atom stereocenters. The summed E-state index contributed by atoms with van der Waals surface area (Å²) in [5.74, 6) is -1.35. The minimum absolute atomic E-state index is 0.0667. The van der Waals surface area contributed by atoms with E-state index in [-0.39, 0.29) is 5.75 Å². The molecular formula is C17H16BrFN2O3. The number of urea groups is 1. The van der Waals surface area contributed by atoms with E-state index in [4.69, 9.17) is 4.74 Å². The molecule has 24 heavy (non-hydrogen) atoms. The van der Waals surface area contributed by atoms with Gasteiger partial charge in [-0.1, -0.05) is 22.0 Å². The molecule has 7 heteroatoms. The summed E-state index contributed by atoms with van der Waals surface area (Å²) in [4.78, 5) is 23.5. The Morgan fingerprint density at radius 3 is 2.54 bits per heavy atom. The molecule has 2 rings (SSSR count). The summed E-state index contributed by atoms with van der Waals surface area (Å²) < 4.78 is 19.2. The van der Waals surface area contributed by atoms with Crippen molar-refractivity contribution >= 4 is 33.6 Å². The number of ether oxygens (including phenoxy) is 1. The zero-order valence-electron chi connectivity index (χ0n) is 13.2. The molecule has 0 fully saturated rings. The van der Waals surface area contributed by atoms with E-state index in [9.17, 15) is 14.0 Å². The van der Waals surface area contributed by atoms with Gasteiger partial charge in [0.15, 0.2) is 18.2 Å². The SMILES string of the molecule is Cc1ccc(NC(=O)NC(=O)COc2ccc(Br)cc2F)cc1C. The Morgan fingerprint density at radius 2 is 1.88 bits per heavy atom. The molecule has 0 saturated heterocycles. The molecule has 3 amide bonds. The van der Waals surface area contributed by atoms with Crippen molar-refractivity contribution in [1.29, 1.82) is 0 Å². The summed E-state index contributed by atoms with van der Waals surface area (Å²) in [5, 5.41) is 4.67. The lowest BCUT2D eigenvalue weighted by molar-refractivity contribution is -0.121. The van der Waals surface area contributed by atoms with Gasteiger partial charge in [-0.05, 0) is 55.3 Å². The van der Waals surface area contributed by atoms with Crippen LogP contribution in [0.4, 0.5) is 14.9 Å². The topological polar surface area (TPSA) is 67.4 Å². The molecular weight excluding hydrogens is 379 g/mol. The maximum Gasteiger partial charge on any atom is 0.325 e. The quantitative estimate of drug-likeness (QED) is 0.825.